The summed E-state index contributed by atoms with van der Waals surface area (Å²) in [5.74, 6) is -1.69. The Labute approximate surface area is 121 Å². The standard InChI is InChI=1S/C14H16FN3O3/c1-8-4-9(12(19)20)5-17-11(8)18-7-10-6-16-3-2-14(10,15)13(18)21/h4-5,10,16H,2-3,6-7H2,1H3,(H,19,20). The Bertz CT molecular complexity index is 621. The molecule has 0 spiro atoms. The van der Waals surface area contributed by atoms with Crippen LogP contribution in [0.2, 0.25) is 0 Å². The average Bonchev–Trinajstić information content (AvgIpc) is 2.71. The van der Waals surface area contributed by atoms with Crippen molar-refractivity contribution in [2.24, 2.45) is 5.92 Å². The summed E-state index contributed by atoms with van der Waals surface area (Å²) in [6.45, 7) is 2.89. The lowest BCUT2D eigenvalue weighted by molar-refractivity contribution is -0.130. The second-order valence-corrected chi connectivity index (χ2v) is 5.60. The second-order valence-electron chi connectivity index (χ2n) is 5.60. The number of piperidine rings is 1. The van der Waals surface area contributed by atoms with Gasteiger partial charge in [0.15, 0.2) is 5.67 Å². The van der Waals surface area contributed by atoms with Gasteiger partial charge in [0, 0.05) is 31.6 Å². The van der Waals surface area contributed by atoms with Crippen LogP contribution in [-0.4, -0.2) is 47.3 Å². The molecule has 112 valence electrons. The Morgan fingerprint density at radius 1 is 1.62 bits per heavy atom. The van der Waals surface area contributed by atoms with Crippen LogP contribution < -0.4 is 10.2 Å². The van der Waals surface area contributed by atoms with Crippen LogP contribution in [0.15, 0.2) is 12.3 Å². The minimum atomic E-state index is -1.83. The number of aromatic carboxylic acids is 1. The summed E-state index contributed by atoms with van der Waals surface area (Å²) >= 11 is 0. The van der Waals surface area contributed by atoms with Crippen LogP contribution in [0.3, 0.4) is 0 Å². The van der Waals surface area contributed by atoms with Crippen LogP contribution in [0, 0.1) is 12.8 Å². The number of pyridine rings is 1. The van der Waals surface area contributed by atoms with Crippen molar-refractivity contribution >= 4 is 17.7 Å². The van der Waals surface area contributed by atoms with Gasteiger partial charge in [-0.15, -0.1) is 0 Å². The predicted octanol–water partition coefficient (Wildman–Crippen LogP) is 0.753. The minimum Gasteiger partial charge on any atom is -0.478 e. The molecule has 1 aromatic rings. The molecule has 21 heavy (non-hydrogen) atoms. The number of rotatable bonds is 2. The van der Waals surface area contributed by atoms with Crippen molar-refractivity contribution in [3.05, 3.63) is 23.4 Å². The van der Waals surface area contributed by atoms with Crippen LogP contribution >= 0.6 is 0 Å². The Balaban J connectivity index is 1.95. The number of halogens is 1. The number of carboxylic acid groups (broad SMARTS) is 1. The summed E-state index contributed by atoms with van der Waals surface area (Å²) in [7, 11) is 0. The third-order valence-electron chi connectivity index (χ3n) is 4.26. The quantitative estimate of drug-likeness (QED) is 0.841. The number of nitrogens with one attached hydrogen (secondary N) is 1. The highest BCUT2D eigenvalue weighted by Gasteiger charge is 2.56. The van der Waals surface area contributed by atoms with Crippen molar-refractivity contribution < 1.29 is 19.1 Å². The van der Waals surface area contributed by atoms with Crippen LogP contribution in [-0.2, 0) is 4.79 Å². The molecule has 7 heteroatoms. The number of aromatic nitrogens is 1. The maximum atomic E-state index is 14.9. The van der Waals surface area contributed by atoms with E-state index in [4.69, 9.17) is 5.11 Å². The molecule has 2 atom stereocenters. The molecule has 1 amide bonds. The molecule has 1 aromatic heterocycles. The third-order valence-corrected chi connectivity index (χ3v) is 4.26. The molecule has 2 unspecified atom stereocenters. The second kappa shape index (κ2) is 4.77. The Kier molecular flexibility index (Phi) is 3.16. The van der Waals surface area contributed by atoms with E-state index in [2.05, 4.69) is 10.3 Å². The van der Waals surface area contributed by atoms with Crippen molar-refractivity contribution in [1.29, 1.82) is 0 Å². The van der Waals surface area contributed by atoms with Crippen molar-refractivity contribution in [1.82, 2.24) is 10.3 Å². The van der Waals surface area contributed by atoms with Crippen molar-refractivity contribution in [2.45, 2.75) is 19.0 Å². The van der Waals surface area contributed by atoms with Gasteiger partial charge in [0.1, 0.15) is 5.82 Å². The average molecular weight is 293 g/mol. The number of hydrogen-bond donors (Lipinski definition) is 2. The van der Waals surface area contributed by atoms with Gasteiger partial charge >= 0.3 is 5.97 Å². The van der Waals surface area contributed by atoms with E-state index in [0.717, 1.165) is 0 Å². The summed E-state index contributed by atoms with van der Waals surface area (Å²) in [4.78, 5) is 28.7. The molecule has 6 nitrogen and oxygen atoms in total. The molecule has 0 bridgehead atoms. The SMILES string of the molecule is Cc1cc(C(=O)O)cnc1N1CC2CNCCC2(F)C1=O. The summed E-state index contributed by atoms with van der Waals surface area (Å²) in [6.07, 6.45) is 1.36. The number of carbonyl (C=O) groups excluding carboxylic acids is 1. The summed E-state index contributed by atoms with van der Waals surface area (Å²) in [5, 5.41) is 12.0. The van der Waals surface area contributed by atoms with Crippen molar-refractivity contribution in [3.8, 4) is 0 Å². The first-order valence-electron chi connectivity index (χ1n) is 6.85. The summed E-state index contributed by atoms with van der Waals surface area (Å²) in [6, 6.07) is 1.45. The predicted molar refractivity (Wildman–Crippen MR) is 73.1 cm³/mol. The smallest absolute Gasteiger partial charge is 0.337 e. The van der Waals surface area contributed by atoms with E-state index in [-0.39, 0.29) is 24.4 Å². The first-order valence-corrected chi connectivity index (χ1v) is 6.85. The van der Waals surface area contributed by atoms with Gasteiger partial charge < -0.3 is 10.4 Å². The Morgan fingerprint density at radius 2 is 2.38 bits per heavy atom. The number of aryl methyl sites for hydroxylation is 1. The molecule has 0 saturated carbocycles. The largest absolute Gasteiger partial charge is 0.478 e. The number of carboxylic acids is 1. The van der Waals surface area contributed by atoms with E-state index in [1.54, 1.807) is 6.92 Å². The van der Waals surface area contributed by atoms with Crippen LogP contribution in [0.25, 0.3) is 0 Å². The van der Waals surface area contributed by atoms with Gasteiger partial charge in [-0.1, -0.05) is 0 Å². The fraction of sp³-hybridized carbons (Fsp3) is 0.500. The van der Waals surface area contributed by atoms with Gasteiger partial charge in [0.05, 0.1) is 5.56 Å². The van der Waals surface area contributed by atoms with Crippen LogP contribution in [0.4, 0.5) is 10.2 Å². The summed E-state index contributed by atoms with van der Waals surface area (Å²) in [5.41, 5.74) is -1.22. The Hall–Kier alpha value is -2.02. The van der Waals surface area contributed by atoms with Crippen molar-refractivity contribution in [3.63, 3.8) is 0 Å². The summed E-state index contributed by atoms with van der Waals surface area (Å²) < 4.78 is 14.9. The molecular formula is C14H16FN3O3. The van der Waals surface area contributed by atoms with E-state index < -0.39 is 17.5 Å². The lowest BCUT2D eigenvalue weighted by Crippen LogP contribution is -2.49. The van der Waals surface area contributed by atoms with Gasteiger partial charge in [-0.2, -0.15) is 0 Å². The Morgan fingerprint density at radius 3 is 3.00 bits per heavy atom. The highest BCUT2D eigenvalue weighted by atomic mass is 19.1. The maximum absolute atomic E-state index is 14.9. The number of hydrogen-bond acceptors (Lipinski definition) is 4. The van der Waals surface area contributed by atoms with Gasteiger partial charge in [-0.05, 0) is 25.1 Å². The maximum Gasteiger partial charge on any atom is 0.337 e. The van der Waals surface area contributed by atoms with Gasteiger partial charge in [0.25, 0.3) is 5.91 Å². The third kappa shape index (κ3) is 2.08. The first kappa shape index (κ1) is 13.9. The van der Waals surface area contributed by atoms with Gasteiger partial charge in [-0.25, -0.2) is 14.2 Å². The lowest BCUT2D eigenvalue weighted by Gasteiger charge is -2.29. The number of fused-ring (bicyclic) bond motifs is 1. The number of alkyl halides is 1. The van der Waals surface area contributed by atoms with E-state index in [1.165, 1.54) is 17.2 Å². The first-order chi connectivity index (χ1) is 9.93. The zero-order chi connectivity index (χ0) is 15.2. The lowest BCUT2D eigenvalue weighted by atomic mass is 9.86. The zero-order valence-corrected chi connectivity index (χ0v) is 11.6. The monoisotopic (exact) mass is 293 g/mol. The molecule has 2 aliphatic rings. The van der Waals surface area contributed by atoms with E-state index >= 15 is 0 Å². The molecule has 2 saturated heterocycles. The molecular weight excluding hydrogens is 277 g/mol. The van der Waals surface area contributed by atoms with E-state index in [0.29, 0.717) is 24.5 Å². The molecule has 3 rings (SSSR count). The number of amides is 1. The van der Waals surface area contributed by atoms with Crippen LogP contribution in [0.5, 0.6) is 0 Å². The normalized spacial score (nSPS) is 28.6. The van der Waals surface area contributed by atoms with Crippen molar-refractivity contribution in [2.75, 3.05) is 24.5 Å². The number of nitrogens with zero attached hydrogens (tertiary/aromatic N) is 2. The zero-order valence-electron chi connectivity index (χ0n) is 11.6. The number of anilines is 1. The molecule has 0 aliphatic carbocycles. The molecule has 0 aromatic carbocycles. The molecule has 2 aliphatic heterocycles. The molecule has 3 heterocycles. The molecule has 2 N–H and O–H groups in total. The molecule has 0 radical (unpaired) electrons. The fourth-order valence-corrected chi connectivity index (χ4v) is 3.08. The minimum absolute atomic E-state index is 0.0527. The highest BCUT2D eigenvalue weighted by Crippen LogP contribution is 2.39. The number of carbonyl (C=O) groups is 2. The highest BCUT2D eigenvalue weighted by molar-refractivity contribution is 6.02. The fourth-order valence-electron chi connectivity index (χ4n) is 3.08. The van der Waals surface area contributed by atoms with Gasteiger partial charge in [0.2, 0.25) is 0 Å². The van der Waals surface area contributed by atoms with E-state index in [9.17, 15) is 14.0 Å². The van der Waals surface area contributed by atoms with E-state index in [1.807, 2.05) is 0 Å². The topological polar surface area (TPSA) is 82.5 Å². The van der Waals surface area contributed by atoms with Crippen LogP contribution in [0.1, 0.15) is 22.3 Å². The van der Waals surface area contributed by atoms with Gasteiger partial charge in [-0.3, -0.25) is 9.69 Å². The molecule has 2 fully saturated rings.